The van der Waals surface area contributed by atoms with Crippen LogP contribution in [-0.2, 0) is 9.53 Å². The summed E-state index contributed by atoms with van der Waals surface area (Å²) in [5.74, 6) is -2.93. The summed E-state index contributed by atoms with van der Waals surface area (Å²) in [6.07, 6.45) is 1.04. The van der Waals surface area contributed by atoms with Crippen LogP contribution < -0.4 is 0 Å². The van der Waals surface area contributed by atoms with Gasteiger partial charge in [0.2, 0.25) is 0 Å². The van der Waals surface area contributed by atoms with E-state index in [0.29, 0.717) is 12.8 Å². The molecule has 0 bridgehead atoms. The molecule has 0 aromatic heterocycles. The van der Waals surface area contributed by atoms with Crippen LogP contribution in [0.4, 0.5) is 8.78 Å². The number of halogens is 2. The van der Waals surface area contributed by atoms with Crippen LogP contribution >= 0.6 is 0 Å². The summed E-state index contributed by atoms with van der Waals surface area (Å²) < 4.78 is 33.2. The van der Waals surface area contributed by atoms with Crippen LogP contribution in [0.1, 0.15) is 42.6 Å². The molecule has 6 heteroatoms. The molecule has 1 unspecified atom stereocenters. The Kier molecular flexibility index (Phi) is 5.34. The van der Waals surface area contributed by atoms with Gasteiger partial charge in [-0.25, -0.2) is 13.6 Å². The standard InChI is InChI=1S/C17H21F2NO3/c1-10(2)9-23-17(22)13-5-4-8-20(13)16(21)14-12(18)7-6-11(3)15(14)19/h6-7,10,13H,4-5,8-9H2,1-3H3. The molecule has 0 N–H and O–H groups in total. The first-order chi connectivity index (χ1) is 10.8. The minimum Gasteiger partial charge on any atom is -0.464 e. The van der Waals surface area contributed by atoms with Crippen molar-refractivity contribution in [3.63, 3.8) is 0 Å². The quantitative estimate of drug-likeness (QED) is 0.799. The lowest BCUT2D eigenvalue weighted by molar-refractivity contribution is -0.149. The van der Waals surface area contributed by atoms with Crippen LogP contribution in [-0.4, -0.2) is 36.0 Å². The van der Waals surface area contributed by atoms with Gasteiger partial charge in [0.1, 0.15) is 23.2 Å². The maximum atomic E-state index is 14.1. The average Bonchev–Trinajstić information content (AvgIpc) is 2.98. The molecule has 0 radical (unpaired) electrons. The smallest absolute Gasteiger partial charge is 0.328 e. The van der Waals surface area contributed by atoms with E-state index in [1.165, 1.54) is 17.9 Å². The van der Waals surface area contributed by atoms with Gasteiger partial charge in [-0.05, 0) is 37.3 Å². The van der Waals surface area contributed by atoms with Crippen molar-refractivity contribution in [1.82, 2.24) is 4.90 Å². The van der Waals surface area contributed by atoms with Gasteiger partial charge in [-0.1, -0.05) is 19.9 Å². The SMILES string of the molecule is Cc1ccc(F)c(C(=O)N2CCCC2C(=O)OCC(C)C)c1F. The number of esters is 1. The second kappa shape index (κ2) is 7.06. The minimum absolute atomic E-state index is 0.177. The summed E-state index contributed by atoms with van der Waals surface area (Å²) in [4.78, 5) is 25.9. The van der Waals surface area contributed by atoms with Gasteiger partial charge in [-0.15, -0.1) is 0 Å². The molecule has 23 heavy (non-hydrogen) atoms. The number of hydrogen-bond donors (Lipinski definition) is 0. The number of ether oxygens (including phenoxy) is 1. The maximum Gasteiger partial charge on any atom is 0.328 e. The van der Waals surface area contributed by atoms with Gasteiger partial charge in [0, 0.05) is 6.54 Å². The van der Waals surface area contributed by atoms with E-state index < -0.39 is 35.1 Å². The van der Waals surface area contributed by atoms with Crippen molar-refractivity contribution in [1.29, 1.82) is 0 Å². The Morgan fingerprint density at radius 3 is 2.70 bits per heavy atom. The molecule has 1 saturated heterocycles. The molecule has 1 amide bonds. The molecule has 126 valence electrons. The number of carbonyl (C=O) groups is 2. The van der Waals surface area contributed by atoms with Crippen molar-refractivity contribution in [2.75, 3.05) is 13.2 Å². The van der Waals surface area contributed by atoms with E-state index in [1.807, 2.05) is 13.8 Å². The fourth-order valence-electron chi connectivity index (χ4n) is 2.60. The fraction of sp³-hybridized carbons (Fsp3) is 0.529. The summed E-state index contributed by atoms with van der Waals surface area (Å²) in [5, 5.41) is 0. The highest BCUT2D eigenvalue weighted by Crippen LogP contribution is 2.25. The zero-order chi connectivity index (χ0) is 17.1. The Balaban J connectivity index is 2.22. The van der Waals surface area contributed by atoms with Crippen molar-refractivity contribution in [3.05, 3.63) is 34.9 Å². The number of aryl methyl sites for hydroxylation is 1. The number of hydrogen-bond acceptors (Lipinski definition) is 3. The molecular formula is C17H21F2NO3. The monoisotopic (exact) mass is 325 g/mol. The first-order valence-electron chi connectivity index (χ1n) is 7.75. The molecule has 0 aliphatic carbocycles. The Labute approximate surface area is 134 Å². The molecule has 1 aliphatic rings. The largest absolute Gasteiger partial charge is 0.464 e. The third kappa shape index (κ3) is 3.68. The molecule has 1 aliphatic heterocycles. The van der Waals surface area contributed by atoms with Crippen LogP contribution in [0.3, 0.4) is 0 Å². The topological polar surface area (TPSA) is 46.6 Å². The van der Waals surface area contributed by atoms with Crippen molar-refractivity contribution < 1.29 is 23.1 Å². The molecule has 0 saturated carbocycles. The average molecular weight is 325 g/mol. The Morgan fingerprint density at radius 1 is 1.35 bits per heavy atom. The zero-order valence-corrected chi connectivity index (χ0v) is 13.6. The third-order valence-corrected chi connectivity index (χ3v) is 3.84. The van der Waals surface area contributed by atoms with E-state index in [9.17, 15) is 18.4 Å². The number of benzene rings is 1. The van der Waals surface area contributed by atoms with Gasteiger partial charge in [0.15, 0.2) is 0 Å². The molecule has 1 aromatic carbocycles. The number of nitrogens with zero attached hydrogens (tertiary/aromatic N) is 1. The second-order valence-corrected chi connectivity index (χ2v) is 6.23. The van der Waals surface area contributed by atoms with Gasteiger partial charge >= 0.3 is 5.97 Å². The zero-order valence-electron chi connectivity index (χ0n) is 13.6. The van der Waals surface area contributed by atoms with Crippen molar-refractivity contribution in [2.45, 2.75) is 39.7 Å². The van der Waals surface area contributed by atoms with Crippen LogP contribution in [0.5, 0.6) is 0 Å². The highest BCUT2D eigenvalue weighted by Gasteiger charge is 2.37. The van der Waals surface area contributed by atoms with Gasteiger partial charge in [0.25, 0.3) is 5.91 Å². The fourth-order valence-corrected chi connectivity index (χ4v) is 2.60. The van der Waals surface area contributed by atoms with Crippen LogP contribution in [0.25, 0.3) is 0 Å². The van der Waals surface area contributed by atoms with E-state index in [4.69, 9.17) is 4.74 Å². The summed E-state index contributed by atoms with van der Waals surface area (Å²) in [7, 11) is 0. The second-order valence-electron chi connectivity index (χ2n) is 6.23. The van der Waals surface area contributed by atoms with Gasteiger partial charge < -0.3 is 9.64 Å². The summed E-state index contributed by atoms with van der Waals surface area (Å²) in [5.41, 5.74) is -0.415. The summed E-state index contributed by atoms with van der Waals surface area (Å²) in [6.45, 7) is 5.81. The lowest BCUT2D eigenvalue weighted by Crippen LogP contribution is -2.42. The number of likely N-dealkylation sites (tertiary alicyclic amines) is 1. The first-order valence-corrected chi connectivity index (χ1v) is 7.75. The van der Waals surface area contributed by atoms with Crippen LogP contribution in [0.2, 0.25) is 0 Å². The molecule has 2 rings (SSSR count). The normalized spacial score (nSPS) is 17.7. The molecule has 0 spiro atoms. The predicted octanol–water partition coefficient (Wildman–Crippen LogP) is 3.08. The van der Waals surface area contributed by atoms with E-state index in [0.717, 1.165) is 6.07 Å². The predicted molar refractivity (Wildman–Crippen MR) is 81.0 cm³/mol. The highest BCUT2D eigenvalue weighted by molar-refractivity contribution is 5.97. The lowest BCUT2D eigenvalue weighted by Gasteiger charge is -2.24. The molecule has 1 heterocycles. The van der Waals surface area contributed by atoms with Crippen LogP contribution in [0, 0.1) is 24.5 Å². The van der Waals surface area contributed by atoms with Gasteiger partial charge in [-0.2, -0.15) is 0 Å². The Bertz CT molecular complexity index is 616. The van der Waals surface area contributed by atoms with Gasteiger partial charge in [-0.3, -0.25) is 4.79 Å². The van der Waals surface area contributed by atoms with Crippen molar-refractivity contribution in [2.24, 2.45) is 5.92 Å². The van der Waals surface area contributed by atoms with E-state index in [2.05, 4.69) is 0 Å². The minimum atomic E-state index is -0.917. The Morgan fingerprint density at radius 2 is 2.04 bits per heavy atom. The number of carbonyl (C=O) groups excluding carboxylic acids is 2. The van der Waals surface area contributed by atoms with Gasteiger partial charge in [0.05, 0.1) is 6.61 Å². The maximum absolute atomic E-state index is 14.1. The number of rotatable bonds is 4. The molecule has 1 aromatic rings. The molecule has 1 fully saturated rings. The highest BCUT2D eigenvalue weighted by atomic mass is 19.1. The van der Waals surface area contributed by atoms with Crippen molar-refractivity contribution in [3.8, 4) is 0 Å². The van der Waals surface area contributed by atoms with Crippen molar-refractivity contribution >= 4 is 11.9 Å². The molecule has 4 nitrogen and oxygen atoms in total. The van der Waals surface area contributed by atoms with E-state index >= 15 is 0 Å². The Hall–Kier alpha value is -1.98. The van der Waals surface area contributed by atoms with Crippen LogP contribution in [0.15, 0.2) is 12.1 Å². The van der Waals surface area contributed by atoms with E-state index in [1.54, 1.807) is 0 Å². The first kappa shape index (κ1) is 17.4. The van der Waals surface area contributed by atoms with E-state index in [-0.39, 0.29) is 24.6 Å². The summed E-state index contributed by atoms with van der Waals surface area (Å²) in [6, 6.07) is 1.56. The summed E-state index contributed by atoms with van der Waals surface area (Å²) >= 11 is 0. The lowest BCUT2D eigenvalue weighted by atomic mass is 10.1. The molecule has 1 atom stereocenters. The molecular weight excluding hydrogens is 304 g/mol. The number of amides is 1. The third-order valence-electron chi connectivity index (χ3n) is 3.84.